The first kappa shape index (κ1) is 17.8. The second-order valence-corrected chi connectivity index (χ2v) is 6.75. The fraction of sp³-hybridized carbons (Fsp3) is 0.190. The number of hydrogen-bond acceptors (Lipinski definition) is 3. The first-order valence-corrected chi connectivity index (χ1v) is 9.23. The largest absolute Gasteiger partial charge is 0.366 e. The fourth-order valence-electron chi connectivity index (χ4n) is 3.39. The number of nitrogens with two attached hydrogens (primary N) is 1. The van der Waals surface area contributed by atoms with E-state index in [2.05, 4.69) is 15.3 Å². The molecule has 0 saturated carbocycles. The number of aromatic amines is 1. The molecule has 1 fully saturated rings. The SMILES string of the molecule is NC(=O)/C(=C\c1c[nH]c2nc(NC(=O)N3CCCC3)ccc12)c1ccccc1. The predicted molar refractivity (Wildman–Crippen MR) is 109 cm³/mol. The lowest BCUT2D eigenvalue weighted by atomic mass is 10.0. The molecule has 4 rings (SSSR count). The first-order chi connectivity index (χ1) is 13.6. The predicted octanol–water partition coefficient (Wildman–Crippen LogP) is 3.22. The van der Waals surface area contributed by atoms with Crippen LogP contribution in [0, 0.1) is 0 Å². The van der Waals surface area contributed by atoms with Gasteiger partial charge in [0.25, 0.3) is 0 Å². The number of H-pyrrole nitrogens is 1. The summed E-state index contributed by atoms with van der Waals surface area (Å²) >= 11 is 0. The highest BCUT2D eigenvalue weighted by Gasteiger charge is 2.18. The number of likely N-dealkylation sites (tertiary alicyclic amines) is 1. The molecule has 4 N–H and O–H groups in total. The average Bonchev–Trinajstić information content (AvgIpc) is 3.36. The minimum atomic E-state index is -0.497. The van der Waals surface area contributed by atoms with Crippen molar-refractivity contribution in [3.8, 4) is 0 Å². The summed E-state index contributed by atoms with van der Waals surface area (Å²) in [6.45, 7) is 1.56. The van der Waals surface area contributed by atoms with Crippen molar-refractivity contribution < 1.29 is 9.59 Å². The molecule has 3 amide bonds. The molecule has 0 radical (unpaired) electrons. The summed E-state index contributed by atoms with van der Waals surface area (Å²) in [5, 5.41) is 3.68. The number of rotatable bonds is 4. The maximum atomic E-state index is 12.2. The Morgan fingerprint density at radius 2 is 1.86 bits per heavy atom. The average molecular weight is 375 g/mol. The summed E-state index contributed by atoms with van der Waals surface area (Å²) in [7, 11) is 0. The number of nitrogens with one attached hydrogen (secondary N) is 2. The number of fused-ring (bicyclic) bond motifs is 1. The van der Waals surface area contributed by atoms with Gasteiger partial charge in [0.05, 0.1) is 0 Å². The van der Waals surface area contributed by atoms with E-state index in [-0.39, 0.29) is 6.03 Å². The van der Waals surface area contributed by atoms with Gasteiger partial charge in [-0.2, -0.15) is 0 Å². The maximum Gasteiger partial charge on any atom is 0.323 e. The Bertz CT molecular complexity index is 1050. The van der Waals surface area contributed by atoms with Crippen molar-refractivity contribution in [2.24, 2.45) is 5.73 Å². The van der Waals surface area contributed by atoms with Crippen LogP contribution in [0.3, 0.4) is 0 Å². The van der Waals surface area contributed by atoms with Gasteiger partial charge in [-0.05, 0) is 36.6 Å². The molecule has 2 aromatic heterocycles. The molecule has 1 aromatic carbocycles. The number of aromatic nitrogens is 2. The van der Waals surface area contributed by atoms with Crippen molar-refractivity contribution in [2.75, 3.05) is 18.4 Å². The van der Waals surface area contributed by atoms with Crippen molar-refractivity contribution in [1.82, 2.24) is 14.9 Å². The molecule has 7 heteroatoms. The Morgan fingerprint density at radius 1 is 1.11 bits per heavy atom. The molecule has 3 aromatic rings. The van der Waals surface area contributed by atoms with Gasteiger partial charge in [-0.1, -0.05) is 30.3 Å². The van der Waals surface area contributed by atoms with Crippen molar-refractivity contribution in [3.63, 3.8) is 0 Å². The Morgan fingerprint density at radius 3 is 2.57 bits per heavy atom. The molecular formula is C21H21N5O2. The molecule has 0 spiro atoms. The molecular weight excluding hydrogens is 354 g/mol. The number of pyridine rings is 1. The topological polar surface area (TPSA) is 104 Å². The molecule has 1 saturated heterocycles. The molecule has 0 bridgehead atoms. The van der Waals surface area contributed by atoms with E-state index < -0.39 is 5.91 Å². The number of nitrogens with zero attached hydrogens (tertiary/aromatic N) is 2. The molecule has 3 heterocycles. The van der Waals surface area contributed by atoms with E-state index in [0.717, 1.165) is 42.4 Å². The van der Waals surface area contributed by atoms with Crippen LogP contribution in [-0.2, 0) is 4.79 Å². The summed E-state index contributed by atoms with van der Waals surface area (Å²) in [4.78, 5) is 33.5. The number of amides is 3. The quantitative estimate of drug-likeness (QED) is 0.610. The second-order valence-electron chi connectivity index (χ2n) is 6.75. The standard InChI is InChI=1S/C21H21N5O2/c22-19(27)17(14-6-2-1-3-7-14)12-15-13-23-20-16(15)8-9-18(24-20)25-21(28)26-10-4-5-11-26/h1-3,6-9,12-13H,4-5,10-11H2,(H2,22,27)(H2,23,24,25,28)/b17-12-. The van der Waals surface area contributed by atoms with Gasteiger partial charge in [-0.3, -0.25) is 10.1 Å². The summed E-state index contributed by atoms with van der Waals surface area (Å²) in [5.41, 5.74) is 8.19. The van der Waals surface area contributed by atoms with Crippen LogP contribution in [0.25, 0.3) is 22.7 Å². The highest BCUT2D eigenvalue weighted by Crippen LogP contribution is 2.24. The van der Waals surface area contributed by atoms with E-state index in [4.69, 9.17) is 5.73 Å². The normalized spacial score (nSPS) is 14.4. The van der Waals surface area contributed by atoms with E-state index in [9.17, 15) is 9.59 Å². The monoisotopic (exact) mass is 375 g/mol. The molecule has 0 unspecified atom stereocenters. The highest BCUT2D eigenvalue weighted by molar-refractivity contribution is 6.24. The van der Waals surface area contributed by atoms with Crippen LogP contribution >= 0.6 is 0 Å². The number of hydrogen-bond donors (Lipinski definition) is 3. The molecule has 1 aliphatic heterocycles. The highest BCUT2D eigenvalue weighted by atomic mass is 16.2. The molecule has 7 nitrogen and oxygen atoms in total. The third kappa shape index (κ3) is 3.59. The third-order valence-electron chi connectivity index (χ3n) is 4.85. The number of primary amides is 1. The summed E-state index contributed by atoms with van der Waals surface area (Å²) in [6.07, 6.45) is 5.60. The Labute approximate surface area is 162 Å². The van der Waals surface area contributed by atoms with Gasteiger partial charge in [-0.25, -0.2) is 9.78 Å². The van der Waals surface area contributed by atoms with E-state index in [1.54, 1.807) is 23.2 Å². The van der Waals surface area contributed by atoms with Crippen molar-refractivity contribution >= 4 is 40.4 Å². The summed E-state index contributed by atoms with van der Waals surface area (Å²) in [6, 6.07) is 12.8. The Hall–Kier alpha value is -3.61. The lowest BCUT2D eigenvalue weighted by Crippen LogP contribution is -2.32. The molecule has 0 aliphatic carbocycles. The van der Waals surface area contributed by atoms with Crippen molar-refractivity contribution in [2.45, 2.75) is 12.8 Å². The van der Waals surface area contributed by atoms with Gasteiger partial charge >= 0.3 is 6.03 Å². The van der Waals surface area contributed by atoms with Gasteiger partial charge in [0.1, 0.15) is 11.5 Å². The Kier molecular flexibility index (Phi) is 4.80. The van der Waals surface area contributed by atoms with Gasteiger partial charge < -0.3 is 15.6 Å². The molecule has 0 atom stereocenters. The smallest absolute Gasteiger partial charge is 0.323 e. The lowest BCUT2D eigenvalue weighted by Gasteiger charge is -2.15. The minimum Gasteiger partial charge on any atom is -0.366 e. The van der Waals surface area contributed by atoms with E-state index in [1.807, 2.05) is 36.4 Å². The maximum absolute atomic E-state index is 12.2. The number of benzene rings is 1. The van der Waals surface area contributed by atoms with Crippen LogP contribution in [0.5, 0.6) is 0 Å². The zero-order valence-corrected chi connectivity index (χ0v) is 15.3. The van der Waals surface area contributed by atoms with Crippen molar-refractivity contribution in [1.29, 1.82) is 0 Å². The second kappa shape index (κ2) is 7.56. The first-order valence-electron chi connectivity index (χ1n) is 9.23. The van der Waals surface area contributed by atoms with Crippen LogP contribution in [0.4, 0.5) is 10.6 Å². The van der Waals surface area contributed by atoms with Crippen molar-refractivity contribution in [3.05, 3.63) is 59.8 Å². The number of carbonyl (C=O) groups excluding carboxylic acids is 2. The third-order valence-corrected chi connectivity index (χ3v) is 4.85. The van der Waals surface area contributed by atoms with Crippen LogP contribution in [0.2, 0.25) is 0 Å². The minimum absolute atomic E-state index is 0.129. The summed E-state index contributed by atoms with van der Waals surface area (Å²) in [5.74, 6) is -0.0111. The van der Waals surface area contributed by atoms with Gasteiger partial charge in [0.2, 0.25) is 5.91 Å². The number of carbonyl (C=O) groups is 2. The number of anilines is 1. The zero-order valence-electron chi connectivity index (χ0n) is 15.3. The van der Waals surface area contributed by atoms with E-state index in [1.165, 1.54) is 0 Å². The van der Waals surface area contributed by atoms with E-state index in [0.29, 0.717) is 17.0 Å². The van der Waals surface area contributed by atoms with Gasteiger partial charge in [0, 0.05) is 35.8 Å². The molecule has 142 valence electrons. The van der Waals surface area contributed by atoms with E-state index >= 15 is 0 Å². The lowest BCUT2D eigenvalue weighted by molar-refractivity contribution is -0.112. The Balaban J connectivity index is 1.62. The van der Waals surface area contributed by atoms with Crippen LogP contribution in [-0.4, -0.2) is 39.9 Å². The molecule has 1 aliphatic rings. The zero-order chi connectivity index (χ0) is 19.5. The molecule has 28 heavy (non-hydrogen) atoms. The van der Waals surface area contributed by atoms with Crippen LogP contribution in [0.1, 0.15) is 24.0 Å². The van der Waals surface area contributed by atoms with Gasteiger partial charge in [-0.15, -0.1) is 0 Å². The fourth-order valence-corrected chi connectivity index (χ4v) is 3.39. The summed E-state index contributed by atoms with van der Waals surface area (Å²) < 4.78 is 0. The van der Waals surface area contributed by atoms with Crippen LogP contribution < -0.4 is 11.1 Å². The number of urea groups is 1. The van der Waals surface area contributed by atoms with Gasteiger partial charge in [0.15, 0.2) is 0 Å². The van der Waals surface area contributed by atoms with Crippen LogP contribution in [0.15, 0.2) is 48.7 Å².